The van der Waals surface area contributed by atoms with Gasteiger partial charge in [0, 0.05) is 18.6 Å². The molecule has 0 heterocycles. The lowest BCUT2D eigenvalue weighted by atomic mass is 10.0. The quantitative estimate of drug-likeness (QED) is 0.831. The zero-order valence-electron chi connectivity index (χ0n) is 13.2. The molecule has 1 saturated carbocycles. The summed E-state index contributed by atoms with van der Waals surface area (Å²) in [6, 6.07) is 9.36. The summed E-state index contributed by atoms with van der Waals surface area (Å²) < 4.78 is 5.69. The van der Waals surface area contributed by atoms with Crippen molar-refractivity contribution in [2.75, 3.05) is 13.6 Å². The first kappa shape index (κ1) is 15.3. The minimum absolute atomic E-state index is 0.220. The smallest absolute Gasteiger partial charge is 0.119 e. The third kappa shape index (κ3) is 3.74. The summed E-state index contributed by atoms with van der Waals surface area (Å²) in [5.41, 5.74) is 7.27. The van der Waals surface area contributed by atoms with Gasteiger partial charge in [0.25, 0.3) is 0 Å². The average Bonchev–Trinajstić information content (AvgIpc) is 3.23. The van der Waals surface area contributed by atoms with E-state index in [1.165, 1.54) is 18.4 Å². The highest BCUT2D eigenvalue weighted by molar-refractivity contribution is 5.29. The van der Waals surface area contributed by atoms with Crippen molar-refractivity contribution in [3.05, 3.63) is 29.8 Å². The van der Waals surface area contributed by atoms with Gasteiger partial charge in [-0.15, -0.1) is 0 Å². The molecule has 1 aromatic carbocycles. The van der Waals surface area contributed by atoms with Crippen LogP contribution in [0.25, 0.3) is 0 Å². The van der Waals surface area contributed by atoms with E-state index >= 15 is 0 Å². The summed E-state index contributed by atoms with van der Waals surface area (Å²) in [6.45, 7) is 7.10. The molecule has 2 unspecified atom stereocenters. The van der Waals surface area contributed by atoms with Crippen LogP contribution in [-0.4, -0.2) is 30.6 Å². The molecule has 0 aromatic heterocycles. The number of hydrogen-bond acceptors (Lipinski definition) is 3. The molecule has 2 atom stereocenters. The number of nitrogens with two attached hydrogens (primary N) is 1. The maximum Gasteiger partial charge on any atom is 0.119 e. The second kappa shape index (κ2) is 6.59. The Kier molecular flexibility index (Phi) is 5.06. The normalized spacial score (nSPS) is 18.4. The van der Waals surface area contributed by atoms with E-state index in [-0.39, 0.29) is 6.10 Å². The van der Waals surface area contributed by atoms with Gasteiger partial charge >= 0.3 is 0 Å². The summed E-state index contributed by atoms with van der Waals surface area (Å²) in [6.07, 6.45) is 2.89. The molecular weight excluding hydrogens is 248 g/mol. The molecule has 0 saturated heterocycles. The van der Waals surface area contributed by atoms with Gasteiger partial charge in [0.05, 0.1) is 6.10 Å². The van der Waals surface area contributed by atoms with Crippen molar-refractivity contribution in [2.45, 2.75) is 51.8 Å². The molecule has 0 spiro atoms. The lowest BCUT2D eigenvalue weighted by molar-refractivity contribution is 0.170. The third-order valence-corrected chi connectivity index (χ3v) is 4.28. The minimum Gasteiger partial charge on any atom is -0.491 e. The molecule has 1 aromatic rings. The van der Waals surface area contributed by atoms with Crippen LogP contribution in [0, 0.1) is 5.92 Å². The van der Waals surface area contributed by atoms with Crippen LogP contribution in [-0.2, 0) is 0 Å². The zero-order chi connectivity index (χ0) is 14.7. The molecule has 1 aliphatic carbocycles. The fraction of sp³-hybridized carbons (Fsp3) is 0.647. The summed E-state index contributed by atoms with van der Waals surface area (Å²) in [5.74, 6) is 1.74. The molecule has 2 N–H and O–H groups in total. The van der Waals surface area contributed by atoms with Gasteiger partial charge in [0.1, 0.15) is 5.75 Å². The number of likely N-dealkylation sites (N-methyl/N-ethyl adjacent to an activating group) is 1. The molecule has 2 rings (SSSR count). The van der Waals surface area contributed by atoms with E-state index < -0.39 is 0 Å². The number of ether oxygens (including phenoxy) is 1. The molecule has 3 heteroatoms. The zero-order valence-corrected chi connectivity index (χ0v) is 13.2. The number of nitrogens with zero attached hydrogens (tertiary/aromatic N) is 1. The molecule has 20 heavy (non-hydrogen) atoms. The van der Waals surface area contributed by atoms with Gasteiger partial charge in [-0.1, -0.05) is 12.1 Å². The Morgan fingerprint density at radius 2 is 1.80 bits per heavy atom. The van der Waals surface area contributed by atoms with Crippen molar-refractivity contribution in [2.24, 2.45) is 11.7 Å². The number of benzene rings is 1. The lowest BCUT2D eigenvalue weighted by Crippen LogP contribution is -2.41. The Balaban J connectivity index is 2.02. The van der Waals surface area contributed by atoms with Crippen molar-refractivity contribution < 1.29 is 4.74 Å². The summed E-state index contributed by atoms with van der Waals surface area (Å²) in [4.78, 5) is 2.43. The first-order valence-corrected chi connectivity index (χ1v) is 7.71. The van der Waals surface area contributed by atoms with E-state index in [1.807, 2.05) is 13.8 Å². The summed E-state index contributed by atoms with van der Waals surface area (Å²) in [5, 5.41) is 0. The highest BCUT2D eigenvalue weighted by Gasteiger charge is 2.34. The SMILES string of the molecule is CC(C)Oc1ccc(C(C)N(C)C(CN)C2CC2)cc1. The first-order valence-electron chi connectivity index (χ1n) is 7.71. The van der Waals surface area contributed by atoms with Gasteiger partial charge in [-0.3, -0.25) is 4.90 Å². The topological polar surface area (TPSA) is 38.5 Å². The highest BCUT2D eigenvalue weighted by Crippen LogP contribution is 2.37. The van der Waals surface area contributed by atoms with Crippen LogP contribution in [0.1, 0.15) is 45.2 Å². The number of hydrogen-bond donors (Lipinski definition) is 1. The van der Waals surface area contributed by atoms with Gasteiger partial charge in [-0.25, -0.2) is 0 Å². The van der Waals surface area contributed by atoms with Crippen LogP contribution in [0.3, 0.4) is 0 Å². The monoisotopic (exact) mass is 276 g/mol. The van der Waals surface area contributed by atoms with Crippen LogP contribution in [0.2, 0.25) is 0 Å². The predicted octanol–water partition coefficient (Wildman–Crippen LogP) is 3.20. The van der Waals surface area contributed by atoms with Crippen LogP contribution in [0.4, 0.5) is 0 Å². The molecule has 0 bridgehead atoms. The van der Waals surface area contributed by atoms with Crippen LogP contribution < -0.4 is 10.5 Å². The maximum atomic E-state index is 5.95. The van der Waals surface area contributed by atoms with E-state index in [4.69, 9.17) is 10.5 Å². The molecule has 0 amide bonds. The molecule has 1 aliphatic rings. The van der Waals surface area contributed by atoms with E-state index in [1.54, 1.807) is 0 Å². The molecule has 0 radical (unpaired) electrons. The van der Waals surface area contributed by atoms with Crippen molar-refractivity contribution in [3.8, 4) is 5.75 Å². The second-order valence-electron chi connectivity index (χ2n) is 6.22. The second-order valence-corrected chi connectivity index (χ2v) is 6.22. The van der Waals surface area contributed by atoms with E-state index in [0.717, 1.165) is 18.2 Å². The van der Waals surface area contributed by atoms with Crippen molar-refractivity contribution in [1.29, 1.82) is 0 Å². The summed E-state index contributed by atoms with van der Waals surface area (Å²) in [7, 11) is 2.19. The third-order valence-electron chi connectivity index (χ3n) is 4.28. The lowest BCUT2D eigenvalue weighted by Gasteiger charge is -2.33. The molecule has 3 nitrogen and oxygen atoms in total. The van der Waals surface area contributed by atoms with Gasteiger partial charge in [0.15, 0.2) is 0 Å². The van der Waals surface area contributed by atoms with Gasteiger partial charge in [0.2, 0.25) is 0 Å². The number of rotatable bonds is 7. The average molecular weight is 276 g/mol. The largest absolute Gasteiger partial charge is 0.491 e. The van der Waals surface area contributed by atoms with Crippen LogP contribution >= 0.6 is 0 Å². The molecule has 0 aliphatic heterocycles. The maximum absolute atomic E-state index is 5.95. The van der Waals surface area contributed by atoms with Gasteiger partial charge in [-0.05, 0) is 64.3 Å². The molecule has 1 fully saturated rings. The minimum atomic E-state index is 0.220. The Morgan fingerprint density at radius 3 is 2.25 bits per heavy atom. The van der Waals surface area contributed by atoms with E-state index in [0.29, 0.717) is 12.1 Å². The predicted molar refractivity (Wildman–Crippen MR) is 84.0 cm³/mol. The fourth-order valence-corrected chi connectivity index (χ4v) is 2.79. The van der Waals surface area contributed by atoms with Crippen molar-refractivity contribution in [3.63, 3.8) is 0 Å². The summed E-state index contributed by atoms with van der Waals surface area (Å²) >= 11 is 0. The Bertz CT molecular complexity index is 412. The Hall–Kier alpha value is -1.06. The van der Waals surface area contributed by atoms with Crippen molar-refractivity contribution >= 4 is 0 Å². The van der Waals surface area contributed by atoms with E-state index in [9.17, 15) is 0 Å². The fourth-order valence-electron chi connectivity index (χ4n) is 2.79. The van der Waals surface area contributed by atoms with Crippen LogP contribution in [0.15, 0.2) is 24.3 Å². The first-order chi connectivity index (χ1) is 9.52. The van der Waals surface area contributed by atoms with Gasteiger partial charge in [-0.2, -0.15) is 0 Å². The molecular formula is C17H28N2O. The molecule has 112 valence electrons. The highest BCUT2D eigenvalue weighted by atomic mass is 16.5. The van der Waals surface area contributed by atoms with Crippen molar-refractivity contribution in [1.82, 2.24) is 4.90 Å². The van der Waals surface area contributed by atoms with Gasteiger partial charge < -0.3 is 10.5 Å². The Labute approximate surface area is 123 Å². The standard InChI is InChI=1S/C17H28N2O/c1-12(2)20-16-9-7-14(8-10-16)13(3)19(4)17(11-18)15-5-6-15/h7-10,12-13,15,17H,5-6,11,18H2,1-4H3. The van der Waals surface area contributed by atoms with Crippen LogP contribution in [0.5, 0.6) is 5.75 Å². The van der Waals surface area contributed by atoms with E-state index in [2.05, 4.69) is 43.1 Å². The Morgan fingerprint density at radius 1 is 1.20 bits per heavy atom.